The number of alkyl carbamates (subject to hydrolysis) is 1. The summed E-state index contributed by atoms with van der Waals surface area (Å²) in [4.78, 5) is 12.5. The first kappa shape index (κ1) is 15.3. The van der Waals surface area contributed by atoms with E-state index in [-0.39, 0.29) is 6.09 Å². The van der Waals surface area contributed by atoms with Gasteiger partial charge in [-0.05, 0) is 26.8 Å². The summed E-state index contributed by atoms with van der Waals surface area (Å²) < 4.78 is 5.11. The van der Waals surface area contributed by atoms with Crippen molar-refractivity contribution in [2.24, 2.45) is 0 Å². The fraction of sp³-hybridized carbons (Fsp3) is 0.583. The lowest BCUT2D eigenvalue weighted by Gasteiger charge is -2.19. The van der Waals surface area contributed by atoms with Crippen LogP contribution < -0.4 is 10.6 Å². The molecule has 0 aliphatic rings. The summed E-state index contributed by atoms with van der Waals surface area (Å²) in [7, 11) is 0. The molecular formula is C12H19ClN2O2S. The van der Waals surface area contributed by atoms with Crippen LogP contribution in [0.4, 0.5) is 4.79 Å². The van der Waals surface area contributed by atoms with Crippen molar-refractivity contribution in [3.63, 3.8) is 0 Å². The molecule has 0 spiro atoms. The van der Waals surface area contributed by atoms with E-state index in [1.807, 2.05) is 32.2 Å². The van der Waals surface area contributed by atoms with Gasteiger partial charge in [-0.15, -0.1) is 11.3 Å². The third-order valence-corrected chi connectivity index (χ3v) is 3.18. The average molecular weight is 291 g/mol. The number of nitrogens with one attached hydrogen (secondary N) is 2. The van der Waals surface area contributed by atoms with Crippen LogP contribution in [-0.2, 0) is 11.3 Å². The number of ether oxygens (including phenoxy) is 1. The molecule has 0 fully saturated rings. The highest BCUT2D eigenvalue weighted by Crippen LogP contribution is 2.18. The first-order valence-corrected chi connectivity index (χ1v) is 7.03. The number of carbonyl (C=O) groups excluding carboxylic acids is 1. The van der Waals surface area contributed by atoms with Crippen molar-refractivity contribution in [3.05, 3.63) is 21.3 Å². The summed E-state index contributed by atoms with van der Waals surface area (Å²) in [5.41, 5.74) is -0.453. The second-order valence-corrected chi connectivity index (χ2v) is 6.27. The number of halogens is 1. The number of rotatable bonds is 5. The lowest BCUT2D eigenvalue weighted by atomic mass is 10.2. The van der Waals surface area contributed by atoms with Crippen molar-refractivity contribution < 1.29 is 9.53 Å². The van der Waals surface area contributed by atoms with E-state index in [0.717, 1.165) is 11.6 Å². The van der Waals surface area contributed by atoms with Gasteiger partial charge in [-0.3, -0.25) is 0 Å². The van der Waals surface area contributed by atoms with E-state index in [2.05, 4.69) is 10.6 Å². The molecule has 0 saturated heterocycles. The van der Waals surface area contributed by atoms with Crippen LogP contribution >= 0.6 is 22.9 Å². The van der Waals surface area contributed by atoms with E-state index in [4.69, 9.17) is 16.3 Å². The molecule has 0 bridgehead atoms. The molecule has 4 nitrogen and oxygen atoms in total. The Hall–Kier alpha value is -0.780. The average Bonchev–Trinajstić information content (AvgIpc) is 2.61. The second-order valence-electron chi connectivity index (χ2n) is 4.84. The number of hydrogen-bond donors (Lipinski definition) is 2. The highest BCUT2D eigenvalue weighted by Gasteiger charge is 2.15. The molecule has 0 unspecified atom stereocenters. The van der Waals surface area contributed by atoms with Crippen LogP contribution in [-0.4, -0.2) is 24.8 Å². The highest BCUT2D eigenvalue weighted by atomic mass is 35.5. The SMILES string of the molecule is CC(C)(C)OC(=O)NCCNCc1cc(Cl)cs1. The summed E-state index contributed by atoms with van der Waals surface area (Å²) in [6.45, 7) is 7.50. The summed E-state index contributed by atoms with van der Waals surface area (Å²) >= 11 is 7.43. The van der Waals surface area contributed by atoms with Crippen LogP contribution in [0.5, 0.6) is 0 Å². The Kier molecular flexibility index (Phi) is 5.91. The normalized spacial score (nSPS) is 11.3. The van der Waals surface area contributed by atoms with Crippen LogP contribution in [0.2, 0.25) is 5.02 Å². The highest BCUT2D eigenvalue weighted by molar-refractivity contribution is 7.10. The molecule has 1 rings (SSSR count). The van der Waals surface area contributed by atoms with E-state index in [1.54, 1.807) is 11.3 Å². The van der Waals surface area contributed by atoms with Crippen molar-refractivity contribution >= 4 is 29.0 Å². The third-order valence-electron chi connectivity index (χ3n) is 1.89. The molecule has 1 aromatic rings. The number of carbonyl (C=O) groups is 1. The van der Waals surface area contributed by atoms with Crippen LogP contribution in [0.25, 0.3) is 0 Å². The number of amides is 1. The van der Waals surface area contributed by atoms with Gasteiger partial charge in [0.2, 0.25) is 0 Å². The second kappa shape index (κ2) is 6.97. The maximum absolute atomic E-state index is 11.3. The van der Waals surface area contributed by atoms with E-state index in [9.17, 15) is 4.79 Å². The van der Waals surface area contributed by atoms with Crippen LogP contribution in [0, 0.1) is 0 Å². The molecule has 0 radical (unpaired) electrons. The summed E-state index contributed by atoms with van der Waals surface area (Å²) in [6.07, 6.45) is -0.386. The summed E-state index contributed by atoms with van der Waals surface area (Å²) in [5.74, 6) is 0. The monoisotopic (exact) mass is 290 g/mol. The Balaban J connectivity index is 2.07. The lowest BCUT2D eigenvalue weighted by molar-refractivity contribution is 0.0528. The minimum Gasteiger partial charge on any atom is -0.444 e. The lowest BCUT2D eigenvalue weighted by Crippen LogP contribution is -2.36. The largest absolute Gasteiger partial charge is 0.444 e. The van der Waals surface area contributed by atoms with Crippen molar-refractivity contribution in [1.82, 2.24) is 10.6 Å². The molecule has 2 N–H and O–H groups in total. The molecule has 1 heterocycles. The maximum atomic E-state index is 11.3. The molecule has 102 valence electrons. The fourth-order valence-corrected chi connectivity index (χ4v) is 2.27. The first-order chi connectivity index (χ1) is 8.37. The summed E-state index contributed by atoms with van der Waals surface area (Å²) in [5, 5.41) is 8.57. The number of hydrogen-bond acceptors (Lipinski definition) is 4. The minimum atomic E-state index is -0.453. The van der Waals surface area contributed by atoms with E-state index in [1.165, 1.54) is 4.88 Å². The smallest absolute Gasteiger partial charge is 0.407 e. The van der Waals surface area contributed by atoms with E-state index >= 15 is 0 Å². The quantitative estimate of drug-likeness (QED) is 0.820. The van der Waals surface area contributed by atoms with E-state index < -0.39 is 5.60 Å². The van der Waals surface area contributed by atoms with Crippen molar-refractivity contribution in [2.45, 2.75) is 32.9 Å². The van der Waals surface area contributed by atoms with Gasteiger partial charge in [0.25, 0.3) is 0 Å². The molecule has 0 atom stereocenters. The molecule has 6 heteroatoms. The summed E-state index contributed by atoms with van der Waals surface area (Å²) in [6, 6.07) is 1.93. The molecule has 1 aromatic heterocycles. The van der Waals surface area contributed by atoms with Gasteiger partial charge < -0.3 is 15.4 Å². The minimum absolute atomic E-state index is 0.386. The standard InChI is InChI=1S/C12H19ClN2O2S/c1-12(2,3)17-11(16)15-5-4-14-7-10-6-9(13)8-18-10/h6,8,14H,4-5,7H2,1-3H3,(H,15,16). The van der Waals surface area contributed by atoms with Gasteiger partial charge in [0.1, 0.15) is 5.60 Å². The molecule has 0 aromatic carbocycles. The Morgan fingerprint density at radius 1 is 1.44 bits per heavy atom. The molecule has 0 aliphatic heterocycles. The topological polar surface area (TPSA) is 50.4 Å². The Morgan fingerprint density at radius 3 is 2.72 bits per heavy atom. The zero-order valence-corrected chi connectivity index (χ0v) is 12.5. The van der Waals surface area contributed by atoms with Gasteiger partial charge in [0.15, 0.2) is 0 Å². The van der Waals surface area contributed by atoms with Crippen LogP contribution in [0.1, 0.15) is 25.6 Å². The zero-order chi connectivity index (χ0) is 13.6. The molecule has 0 saturated carbocycles. The predicted molar refractivity (Wildman–Crippen MR) is 75.3 cm³/mol. The van der Waals surface area contributed by atoms with Gasteiger partial charge in [-0.1, -0.05) is 11.6 Å². The van der Waals surface area contributed by atoms with Crippen molar-refractivity contribution in [3.8, 4) is 0 Å². The van der Waals surface area contributed by atoms with Gasteiger partial charge >= 0.3 is 6.09 Å². The maximum Gasteiger partial charge on any atom is 0.407 e. The van der Waals surface area contributed by atoms with Gasteiger partial charge in [-0.25, -0.2) is 4.79 Å². The van der Waals surface area contributed by atoms with Gasteiger partial charge in [0, 0.05) is 29.9 Å². The zero-order valence-electron chi connectivity index (χ0n) is 10.9. The van der Waals surface area contributed by atoms with Gasteiger partial charge in [-0.2, -0.15) is 0 Å². The van der Waals surface area contributed by atoms with Gasteiger partial charge in [0.05, 0.1) is 5.02 Å². The van der Waals surface area contributed by atoms with Crippen molar-refractivity contribution in [2.75, 3.05) is 13.1 Å². The Bertz CT molecular complexity index is 388. The van der Waals surface area contributed by atoms with Crippen LogP contribution in [0.15, 0.2) is 11.4 Å². The Morgan fingerprint density at radius 2 is 2.17 bits per heavy atom. The number of thiophene rings is 1. The van der Waals surface area contributed by atoms with E-state index in [0.29, 0.717) is 13.1 Å². The van der Waals surface area contributed by atoms with Crippen molar-refractivity contribution in [1.29, 1.82) is 0 Å². The third kappa shape index (κ3) is 6.83. The molecular weight excluding hydrogens is 272 g/mol. The Labute approximate surface area is 117 Å². The molecule has 0 aliphatic carbocycles. The first-order valence-electron chi connectivity index (χ1n) is 5.77. The predicted octanol–water partition coefficient (Wildman–Crippen LogP) is 3.02. The fourth-order valence-electron chi connectivity index (χ4n) is 1.23. The molecule has 18 heavy (non-hydrogen) atoms. The molecule has 1 amide bonds. The van der Waals surface area contributed by atoms with Crippen LogP contribution in [0.3, 0.4) is 0 Å².